The minimum atomic E-state index is 0.319. The number of pyridine rings is 2. The zero-order valence-electron chi connectivity index (χ0n) is 18.8. The third kappa shape index (κ3) is 3.98. The van der Waals surface area contributed by atoms with Gasteiger partial charge in [0, 0.05) is 18.7 Å². The molecule has 0 fully saturated rings. The number of nitrogens with zero attached hydrogens (tertiary/aromatic N) is 6. The van der Waals surface area contributed by atoms with Crippen molar-refractivity contribution in [2.45, 2.75) is 6.92 Å². The number of nitrogens with one attached hydrogen (secondary N) is 3. The van der Waals surface area contributed by atoms with Crippen molar-refractivity contribution in [3.8, 4) is 23.1 Å². The summed E-state index contributed by atoms with van der Waals surface area (Å²) >= 11 is 0. The van der Waals surface area contributed by atoms with E-state index in [0.717, 1.165) is 28.5 Å². The van der Waals surface area contributed by atoms with Gasteiger partial charge in [-0.25, -0.2) is 19.9 Å². The molecule has 5 rings (SSSR count). The van der Waals surface area contributed by atoms with Gasteiger partial charge < -0.3 is 24.9 Å². The average molecular weight is 451 g/mol. The van der Waals surface area contributed by atoms with E-state index in [4.69, 9.17) is 10.00 Å². The smallest absolute Gasteiger partial charge is 0.161 e. The molecular formula is C24H21N9O. The van der Waals surface area contributed by atoms with Gasteiger partial charge in [-0.05, 0) is 31.2 Å². The molecule has 0 spiro atoms. The van der Waals surface area contributed by atoms with Crippen LogP contribution >= 0.6 is 0 Å². The van der Waals surface area contributed by atoms with Gasteiger partial charge in [-0.1, -0.05) is 12.1 Å². The molecule has 1 aromatic carbocycles. The number of hydrogen-bond donors (Lipinski definition) is 3. The Morgan fingerprint density at radius 3 is 2.68 bits per heavy atom. The number of nitriles is 1. The van der Waals surface area contributed by atoms with Gasteiger partial charge in [0.25, 0.3) is 0 Å². The lowest BCUT2D eigenvalue weighted by Crippen LogP contribution is -2.01. The molecule has 0 bridgehead atoms. The predicted molar refractivity (Wildman–Crippen MR) is 129 cm³/mol. The highest BCUT2D eigenvalue weighted by Gasteiger charge is 2.14. The van der Waals surface area contributed by atoms with Crippen molar-refractivity contribution in [2.24, 2.45) is 7.05 Å². The molecule has 5 aromatic rings. The highest BCUT2D eigenvalue weighted by atomic mass is 16.5. The van der Waals surface area contributed by atoms with Crippen LogP contribution < -0.4 is 15.4 Å². The van der Waals surface area contributed by atoms with Crippen LogP contribution in [-0.4, -0.2) is 36.6 Å². The highest BCUT2D eigenvalue weighted by molar-refractivity contribution is 5.91. The number of anilines is 4. The van der Waals surface area contributed by atoms with Crippen molar-refractivity contribution in [2.75, 3.05) is 17.7 Å². The second-order valence-electron chi connectivity index (χ2n) is 7.65. The summed E-state index contributed by atoms with van der Waals surface area (Å²) < 4.78 is 7.63. The molecule has 4 aromatic heterocycles. The van der Waals surface area contributed by atoms with Gasteiger partial charge in [-0.2, -0.15) is 5.26 Å². The molecule has 0 saturated carbocycles. The third-order valence-electron chi connectivity index (χ3n) is 5.27. The maximum atomic E-state index is 9.13. The molecule has 168 valence electrons. The Balaban J connectivity index is 1.53. The van der Waals surface area contributed by atoms with Crippen LogP contribution in [0.1, 0.15) is 11.5 Å². The molecule has 0 unspecified atom stereocenters. The van der Waals surface area contributed by atoms with Gasteiger partial charge in [0.1, 0.15) is 40.5 Å². The molecule has 10 heteroatoms. The lowest BCUT2D eigenvalue weighted by Gasteiger charge is -2.14. The second kappa shape index (κ2) is 8.55. The number of aromatic nitrogens is 6. The van der Waals surface area contributed by atoms with Crippen molar-refractivity contribution in [1.29, 1.82) is 5.26 Å². The first-order chi connectivity index (χ1) is 16.5. The van der Waals surface area contributed by atoms with Crippen LogP contribution in [0.5, 0.6) is 5.75 Å². The van der Waals surface area contributed by atoms with Crippen molar-refractivity contribution < 1.29 is 4.74 Å². The molecule has 0 aliphatic heterocycles. The number of ether oxygens (including phenoxy) is 1. The number of methoxy groups -OCH3 is 1. The fraction of sp³-hybridized carbons (Fsp3) is 0.125. The van der Waals surface area contributed by atoms with Crippen LogP contribution in [0.25, 0.3) is 22.4 Å². The van der Waals surface area contributed by atoms with Gasteiger partial charge in [-0.3, -0.25) is 0 Å². The van der Waals surface area contributed by atoms with Gasteiger partial charge in [0.05, 0.1) is 36.7 Å². The molecule has 0 radical (unpaired) electrons. The molecule has 34 heavy (non-hydrogen) atoms. The Kier molecular flexibility index (Phi) is 5.27. The van der Waals surface area contributed by atoms with Crippen LogP contribution in [0.15, 0.2) is 55.0 Å². The summed E-state index contributed by atoms with van der Waals surface area (Å²) in [5, 5.41) is 15.7. The number of fused-ring (bicyclic) bond motifs is 1. The van der Waals surface area contributed by atoms with E-state index in [0.29, 0.717) is 34.2 Å². The SMILES string of the molecule is COc1cc(-c2cncn2C)ccc1Nc1cc(Nc2cccc(C#N)n2)nc2[nH]c(C)nc12. The van der Waals surface area contributed by atoms with Gasteiger partial charge >= 0.3 is 0 Å². The molecule has 10 nitrogen and oxygen atoms in total. The number of hydrogen-bond acceptors (Lipinski definition) is 8. The molecule has 4 heterocycles. The third-order valence-corrected chi connectivity index (χ3v) is 5.27. The van der Waals surface area contributed by atoms with Crippen LogP contribution in [0.2, 0.25) is 0 Å². The summed E-state index contributed by atoms with van der Waals surface area (Å²) in [5.74, 6) is 2.48. The number of aromatic amines is 1. The lowest BCUT2D eigenvalue weighted by molar-refractivity contribution is 0.417. The van der Waals surface area contributed by atoms with E-state index in [-0.39, 0.29) is 0 Å². The Bertz CT molecular complexity index is 1540. The molecule has 0 aliphatic rings. The number of benzene rings is 1. The van der Waals surface area contributed by atoms with E-state index >= 15 is 0 Å². The Morgan fingerprint density at radius 1 is 1.03 bits per heavy atom. The lowest BCUT2D eigenvalue weighted by atomic mass is 10.1. The fourth-order valence-electron chi connectivity index (χ4n) is 3.70. The maximum absolute atomic E-state index is 9.13. The standard InChI is InChI=1S/C24H21N9O/c1-14-27-23-18(10-22(32-24(23)28-14)31-21-6-4-5-16(11-25)29-21)30-17-8-7-15(9-20(17)34-3)19-12-26-13-33(19)2/h4-10,12-13H,1-3H3,(H3,27,28,29,30,31,32). The number of rotatable bonds is 6. The van der Waals surface area contributed by atoms with Gasteiger partial charge in [0.2, 0.25) is 0 Å². The second-order valence-corrected chi connectivity index (χ2v) is 7.65. The zero-order valence-corrected chi connectivity index (χ0v) is 18.8. The van der Waals surface area contributed by atoms with Crippen molar-refractivity contribution >= 4 is 34.2 Å². The molecule has 0 amide bonds. The van der Waals surface area contributed by atoms with Crippen LogP contribution in [0.4, 0.5) is 23.0 Å². The van der Waals surface area contributed by atoms with E-state index in [2.05, 4.69) is 35.6 Å². The Hall–Kier alpha value is -4.91. The van der Waals surface area contributed by atoms with Gasteiger partial charge in [0.15, 0.2) is 5.65 Å². The summed E-state index contributed by atoms with van der Waals surface area (Å²) in [6.45, 7) is 1.87. The molecule has 0 atom stereocenters. The molecule has 3 N–H and O–H groups in total. The summed E-state index contributed by atoms with van der Waals surface area (Å²) in [4.78, 5) is 20.8. The molecular weight excluding hydrogens is 430 g/mol. The zero-order chi connectivity index (χ0) is 23.7. The number of imidazole rings is 2. The Labute approximate surface area is 195 Å². The van der Waals surface area contributed by atoms with Gasteiger partial charge in [-0.15, -0.1) is 0 Å². The minimum Gasteiger partial charge on any atom is -0.495 e. The van der Waals surface area contributed by atoms with Crippen LogP contribution in [0.3, 0.4) is 0 Å². The summed E-state index contributed by atoms with van der Waals surface area (Å²) in [5.41, 5.74) is 5.12. The largest absolute Gasteiger partial charge is 0.495 e. The van der Waals surface area contributed by atoms with E-state index in [1.807, 2.05) is 55.1 Å². The predicted octanol–water partition coefficient (Wildman–Crippen LogP) is 4.43. The van der Waals surface area contributed by atoms with E-state index in [1.54, 1.807) is 31.6 Å². The summed E-state index contributed by atoms with van der Waals surface area (Å²) in [6, 6.07) is 15.0. The van der Waals surface area contributed by atoms with Crippen LogP contribution in [0, 0.1) is 18.3 Å². The maximum Gasteiger partial charge on any atom is 0.161 e. The average Bonchev–Trinajstić information content (AvgIpc) is 3.44. The van der Waals surface area contributed by atoms with Crippen molar-refractivity contribution in [3.63, 3.8) is 0 Å². The summed E-state index contributed by atoms with van der Waals surface area (Å²) in [7, 11) is 3.58. The monoisotopic (exact) mass is 451 g/mol. The summed E-state index contributed by atoms with van der Waals surface area (Å²) in [6.07, 6.45) is 3.57. The Morgan fingerprint density at radius 2 is 1.91 bits per heavy atom. The minimum absolute atomic E-state index is 0.319. The number of H-pyrrole nitrogens is 1. The van der Waals surface area contributed by atoms with E-state index < -0.39 is 0 Å². The number of aryl methyl sites for hydroxylation is 2. The fourth-order valence-corrected chi connectivity index (χ4v) is 3.70. The normalized spacial score (nSPS) is 10.8. The van der Waals surface area contributed by atoms with Crippen LogP contribution in [-0.2, 0) is 7.05 Å². The molecule has 0 aliphatic carbocycles. The quantitative estimate of drug-likeness (QED) is 0.346. The first-order valence-electron chi connectivity index (χ1n) is 10.5. The van der Waals surface area contributed by atoms with Crippen molar-refractivity contribution in [3.05, 3.63) is 66.5 Å². The molecule has 0 saturated heterocycles. The highest BCUT2D eigenvalue weighted by Crippen LogP contribution is 2.35. The first kappa shape index (κ1) is 21.0. The van der Waals surface area contributed by atoms with Crippen molar-refractivity contribution in [1.82, 2.24) is 29.5 Å². The van der Waals surface area contributed by atoms with E-state index in [9.17, 15) is 0 Å². The van der Waals surface area contributed by atoms with E-state index in [1.165, 1.54) is 0 Å². The first-order valence-corrected chi connectivity index (χ1v) is 10.5. The topological polar surface area (TPSA) is 129 Å².